The van der Waals surface area contributed by atoms with Crippen LogP contribution in [0.5, 0.6) is 0 Å². The molecule has 7 nitrogen and oxygen atoms in total. The van der Waals surface area contributed by atoms with Crippen LogP contribution < -0.4 is 5.32 Å². The van der Waals surface area contributed by atoms with Gasteiger partial charge in [0.25, 0.3) is 0 Å². The van der Waals surface area contributed by atoms with E-state index in [1.165, 1.54) is 0 Å². The second-order valence-electron chi connectivity index (χ2n) is 6.43. The molecule has 2 amide bonds. The topological polar surface area (TPSA) is 87.5 Å². The number of halogens is 1. The minimum Gasteiger partial charge on any atom is -0.476 e. The number of carbonyl (C=O) groups excluding carboxylic acids is 1. The standard InChI is InChI=1S/C20H17BrN4O3/c21-13-6-8-15(9-7-13)25-17-10-11-24(12-16(17)18(23-25)19(26)27)20(28)22-14-4-2-1-3-5-14/h1-9H,10-12H2,(H,22,28)(H,26,27). The molecule has 2 aromatic carbocycles. The number of carboxylic acids is 1. The zero-order valence-corrected chi connectivity index (χ0v) is 16.4. The first-order valence-corrected chi connectivity index (χ1v) is 9.53. The van der Waals surface area contributed by atoms with Gasteiger partial charge in [0.2, 0.25) is 0 Å². The van der Waals surface area contributed by atoms with Crippen LogP contribution in [0.3, 0.4) is 0 Å². The maximum Gasteiger partial charge on any atom is 0.356 e. The number of hydrogen-bond acceptors (Lipinski definition) is 3. The summed E-state index contributed by atoms with van der Waals surface area (Å²) in [6.07, 6.45) is 0.522. The van der Waals surface area contributed by atoms with E-state index in [4.69, 9.17) is 0 Å². The molecule has 0 radical (unpaired) electrons. The molecular formula is C20H17BrN4O3. The molecule has 3 aromatic rings. The molecule has 2 heterocycles. The van der Waals surface area contributed by atoms with Crippen molar-refractivity contribution >= 4 is 33.6 Å². The van der Waals surface area contributed by atoms with Gasteiger partial charge in [0, 0.05) is 28.7 Å². The highest BCUT2D eigenvalue weighted by molar-refractivity contribution is 9.10. The Morgan fingerprint density at radius 1 is 1.07 bits per heavy atom. The van der Waals surface area contributed by atoms with Gasteiger partial charge < -0.3 is 15.3 Å². The zero-order chi connectivity index (χ0) is 19.7. The normalized spacial score (nSPS) is 13.1. The molecule has 0 atom stereocenters. The van der Waals surface area contributed by atoms with Crippen molar-refractivity contribution in [2.24, 2.45) is 0 Å². The Labute approximate surface area is 169 Å². The minimum absolute atomic E-state index is 0.0184. The summed E-state index contributed by atoms with van der Waals surface area (Å²) in [5, 5.41) is 16.8. The monoisotopic (exact) mass is 440 g/mol. The predicted octanol–water partition coefficient (Wildman–Crippen LogP) is 3.92. The number of aromatic nitrogens is 2. The van der Waals surface area contributed by atoms with Crippen molar-refractivity contribution in [1.82, 2.24) is 14.7 Å². The van der Waals surface area contributed by atoms with Crippen LogP contribution in [0.2, 0.25) is 0 Å². The number of anilines is 1. The van der Waals surface area contributed by atoms with Crippen LogP contribution in [0.25, 0.3) is 5.69 Å². The molecule has 0 saturated heterocycles. The molecule has 0 fully saturated rings. The Kier molecular flexibility index (Phi) is 4.87. The lowest BCUT2D eigenvalue weighted by atomic mass is 10.1. The highest BCUT2D eigenvalue weighted by Gasteiger charge is 2.30. The number of aromatic carboxylic acids is 1. The Morgan fingerprint density at radius 2 is 1.79 bits per heavy atom. The molecule has 4 rings (SSSR count). The lowest BCUT2D eigenvalue weighted by molar-refractivity contribution is 0.0687. The van der Waals surface area contributed by atoms with Gasteiger partial charge in [-0.15, -0.1) is 0 Å². The Morgan fingerprint density at radius 3 is 2.46 bits per heavy atom. The van der Waals surface area contributed by atoms with Crippen LogP contribution >= 0.6 is 15.9 Å². The molecule has 8 heteroatoms. The van der Waals surface area contributed by atoms with Gasteiger partial charge in [0.1, 0.15) is 0 Å². The lowest BCUT2D eigenvalue weighted by Gasteiger charge is -2.28. The maximum absolute atomic E-state index is 12.6. The summed E-state index contributed by atoms with van der Waals surface area (Å²) in [6, 6.07) is 16.4. The largest absolute Gasteiger partial charge is 0.476 e. The Bertz CT molecular complexity index is 1030. The Hall–Kier alpha value is -3.13. The molecule has 1 aliphatic heterocycles. The van der Waals surface area contributed by atoms with Gasteiger partial charge in [0.05, 0.1) is 17.9 Å². The van der Waals surface area contributed by atoms with Gasteiger partial charge in [-0.1, -0.05) is 34.1 Å². The maximum atomic E-state index is 12.6. The van der Waals surface area contributed by atoms with Crippen LogP contribution in [-0.2, 0) is 13.0 Å². The van der Waals surface area contributed by atoms with Crippen molar-refractivity contribution in [2.75, 3.05) is 11.9 Å². The molecule has 0 unspecified atom stereocenters. The van der Waals surface area contributed by atoms with Gasteiger partial charge >= 0.3 is 12.0 Å². The fourth-order valence-corrected chi connectivity index (χ4v) is 3.55. The predicted molar refractivity (Wildman–Crippen MR) is 108 cm³/mol. The van der Waals surface area contributed by atoms with Crippen molar-refractivity contribution < 1.29 is 14.7 Å². The molecule has 0 aliphatic carbocycles. The number of amides is 2. The average molecular weight is 441 g/mol. The van der Waals surface area contributed by atoms with Crippen LogP contribution in [0.4, 0.5) is 10.5 Å². The van der Waals surface area contributed by atoms with Gasteiger partial charge in [0.15, 0.2) is 5.69 Å². The third-order valence-electron chi connectivity index (χ3n) is 4.64. The third-order valence-corrected chi connectivity index (χ3v) is 5.17. The molecule has 0 saturated carbocycles. The van der Waals surface area contributed by atoms with E-state index in [1.54, 1.807) is 9.58 Å². The second-order valence-corrected chi connectivity index (χ2v) is 7.35. The smallest absolute Gasteiger partial charge is 0.356 e. The number of benzene rings is 2. The fraction of sp³-hybridized carbons (Fsp3) is 0.150. The molecule has 28 heavy (non-hydrogen) atoms. The second kappa shape index (κ2) is 7.47. The lowest BCUT2D eigenvalue weighted by Crippen LogP contribution is -2.39. The first-order chi connectivity index (χ1) is 13.5. The first-order valence-electron chi connectivity index (χ1n) is 8.74. The third kappa shape index (κ3) is 3.50. The SMILES string of the molecule is O=C(O)c1nn(-c2ccc(Br)cc2)c2c1CN(C(=O)Nc1ccccc1)CC2. The number of carbonyl (C=O) groups is 2. The molecule has 0 bridgehead atoms. The number of rotatable bonds is 3. The zero-order valence-electron chi connectivity index (χ0n) is 14.8. The van der Waals surface area contributed by atoms with E-state index >= 15 is 0 Å². The summed E-state index contributed by atoms with van der Waals surface area (Å²) in [4.78, 5) is 26.0. The molecule has 1 aliphatic rings. The van der Waals surface area contributed by atoms with Gasteiger partial charge in [-0.3, -0.25) is 0 Å². The van der Waals surface area contributed by atoms with Crippen LogP contribution in [-0.4, -0.2) is 38.3 Å². The van der Waals surface area contributed by atoms with E-state index < -0.39 is 5.97 Å². The Balaban J connectivity index is 1.63. The fourth-order valence-electron chi connectivity index (χ4n) is 3.28. The number of urea groups is 1. The molecule has 142 valence electrons. The van der Waals surface area contributed by atoms with Crippen molar-refractivity contribution in [2.45, 2.75) is 13.0 Å². The molecular weight excluding hydrogens is 424 g/mol. The van der Waals surface area contributed by atoms with E-state index in [0.29, 0.717) is 24.2 Å². The molecule has 2 N–H and O–H groups in total. The van der Waals surface area contributed by atoms with E-state index in [9.17, 15) is 14.7 Å². The van der Waals surface area contributed by atoms with Crippen molar-refractivity contribution in [1.29, 1.82) is 0 Å². The molecule has 1 aromatic heterocycles. The van der Waals surface area contributed by atoms with Gasteiger partial charge in [-0.25, -0.2) is 14.3 Å². The summed E-state index contributed by atoms with van der Waals surface area (Å²) in [7, 11) is 0. The van der Waals surface area contributed by atoms with Crippen molar-refractivity contribution in [3.05, 3.63) is 76.0 Å². The number of nitrogens with one attached hydrogen (secondary N) is 1. The van der Waals surface area contributed by atoms with E-state index in [2.05, 4.69) is 26.3 Å². The summed E-state index contributed by atoms with van der Waals surface area (Å²) in [6.45, 7) is 0.680. The number of hydrogen-bond donors (Lipinski definition) is 2. The summed E-state index contributed by atoms with van der Waals surface area (Å²) in [5.41, 5.74) is 2.86. The van der Waals surface area contributed by atoms with E-state index in [0.717, 1.165) is 15.9 Å². The minimum atomic E-state index is -1.10. The van der Waals surface area contributed by atoms with Gasteiger partial charge in [-0.2, -0.15) is 5.10 Å². The van der Waals surface area contributed by atoms with E-state index in [1.807, 2.05) is 54.6 Å². The highest BCUT2D eigenvalue weighted by atomic mass is 79.9. The highest BCUT2D eigenvalue weighted by Crippen LogP contribution is 2.26. The first kappa shape index (κ1) is 18.2. The van der Waals surface area contributed by atoms with Gasteiger partial charge in [-0.05, 0) is 36.4 Å². The van der Waals surface area contributed by atoms with E-state index in [-0.39, 0.29) is 18.3 Å². The summed E-state index contributed by atoms with van der Waals surface area (Å²) >= 11 is 3.40. The van der Waals surface area contributed by atoms with Crippen LogP contribution in [0.15, 0.2) is 59.1 Å². The van der Waals surface area contributed by atoms with Crippen LogP contribution in [0, 0.1) is 0 Å². The molecule has 0 spiro atoms. The van der Waals surface area contributed by atoms with Crippen molar-refractivity contribution in [3.63, 3.8) is 0 Å². The number of para-hydroxylation sites is 1. The average Bonchev–Trinajstić information content (AvgIpc) is 3.08. The van der Waals surface area contributed by atoms with Crippen molar-refractivity contribution in [3.8, 4) is 5.69 Å². The number of fused-ring (bicyclic) bond motifs is 1. The number of nitrogens with zero attached hydrogens (tertiary/aromatic N) is 3. The summed E-state index contributed by atoms with van der Waals surface area (Å²) < 4.78 is 2.59. The quantitative estimate of drug-likeness (QED) is 0.645. The van der Waals surface area contributed by atoms with Crippen LogP contribution in [0.1, 0.15) is 21.7 Å². The number of carboxylic acid groups (broad SMARTS) is 1. The summed E-state index contributed by atoms with van der Waals surface area (Å²) in [5.74, 6) is -1.10.